The summed E-state index contributed by atoms with van der Waals surface area (Å²) in [5.41, 5.74) is 0.744. The summed E-state index contributed by atoms with van der Waals surface area (Å²) in [5, 5.41) is 2.94. The van der Waals surface area contributed by atoms with E-state index in [9.17, 15) is 14.4 Å². The Kier molecular flexibility index (Phi) is 6.92. The average molecular weight is 404 g/mol. The molecule has 1 N–H and O–H groups in total. The average Bonchev–Trinajstić information content (AvgIpc) is 3.15. The number of hydrogen-bond donors (Lipinski definition) is 1. The molecule has 9 nitrogen and oxygen atoms in total. The van der Waals surface area contributed by atoms with E-state index in [1.807, 2.05) is 18.2 Å². The lowest BCUT2D eigenvalue weighted by atomic mass is 10.1. The first kappa shape index (κ1) is 20.9. The monoisotopic (exact) mass is 404 g/mol. The zero-order chi connectivity index (χ0) is 20.8. The molecule has 0 spiro atoms. The Morgan fingerprint density at radius 1 is 1.17 bits per heavy atom. The predicted molar refractivity (Wildman–Crippen MR) is 107 cm³/mol. The largest absolute Gasteiger partial charge is 0.497 e. The fraction of sp³-hybridized carbons (Fsp3) is 0.550. The number of nitrogens with zero attached hydrogens (tertiary/aromatic N) is 3. The van der Waals surface area contributed by atoms with Gasteiger partial charge in [0, 0.05) is 64.0 Å². The summed E-state index contributed by atoms with van der Waals surface area (Å²) in [6.45, 7) is 4.32. The Labute approximate surface area is 170 Å². The fourth-order valence-electron chi connectivity index (χ4n) is 3.68. The van der Waals surface area contributed by atoms with Gasteiger partial charge in [-0.25, -0.2) is 4.79 Å². The highest BCUT2D eigenvalue weighted by Gasteiger charge is 2.35. The van der Waals surface area contributed by atoms with Crippen LogP contribution in [-0.2, 0) is 14.3 Å². The molecule has 2 aliphatic heterocycles. The van der Waals surface area contributed by atoms with E-state index >= 15 is 0 Å². The summed E-state index contributed by atoms with van der Waals surface area (Å²) >= 11 is 0. The number of ether oxygens (including phenoxy) is 2. The quantitative estimate of drug-likeness (QED) is 0.745. The molecular weight excluding hydrogens is 376 g/mol. The van der Waals surface area contributed by atoms with Crippen molar-refractivity contribution < 1.29 is 23.9 Å². The van der Waals surface area contributed by atoms with Crippen LogP contribution >= 0.6 is 0 Å². The van der Waals surface area contributed by atoms with Crippen LogP contribution in [0.2, 0.25) is 0 Å². The lowest BCUT2D eigenvalue weighted by Gasteiger charge is -2.33. The number of benzene rings is 1. The van der Waals surface area contributed by atoms with Crippen molar-refractivity contribution in [2.75, 3.05) is 64.9 Å². The summed E-state index contributed by atoms with van der Waals surface area (Å²) < 4.78 is 9.94. The smallest absolute Gasteiger partial charge is 0.409 e. The molecule has 1 atom stereocenters. The fourth-order valence-corrected chi connectivity index (χ4v) is 3.68. The third-order valence-electron chi connectivity index (χ3n) is 5.39. The van der Waals surface area contributed by atoms with Gasteiger partial charge in [0.25, 0.3) is 0 Å². The van der Waals surface area contributed by atoms with Gasteiger partial charge in [0.05, 0.1) is 20.1 Å². The van der Waals surface area contributed by atoms with E-state index in [0.717, 1.165) is 18.8 Å². The second kappa shape index (κ2) is 9.60. The topological polar surface area (TPSA) is 91.4 Å². The van der Waals surface area contributed by atoms with E-state index in [-0.39, 0.29) is 30.2 Å². The molecule has 2 saturated heterocycles. The highest BCUT2D eigenvalue weighted by Crippen LogP contribution is 2.27. The lowest BCUT2D eigenvalue weighted by Crippen LogP contribution is -2.50. The molecule has 3 amide bonds. The van der Waals surface area contributed by atoms with Gasteiger partial charge >= 0.3 is 6.09 Å². The maximum atomic E-state index is 12.5. The Hall–Kier alpha value is -2.81. The van der Waals surface area contributed by atoms with Gasteiger partial charge in [-0.05, 0) is 12.1 Å². The molecule has 0 bridgehead atoms. The number of carbonyl (C=O) groups excluding carboxylic acids is 3. The highest BCUT2D eigenvalue weighted by molar-refractivity contribution is 6.00. The van der Waals surface area contributed by atoms with E-state index in [1.54, 1.807) is 23.0 Å². The molecule has 1 unspecified atom stereocenters. The van der Waals surface area contributed by atoms with Crippen LogP contribution in [0.15, 0.2) is 24.3 Å². The van der Waals surface area contributed by atoms with Crippen LogP contribution in [0, 0.1) is 5.92 Å². The van der Waals surface area contributed by atoms with E-state index < -0.39 is 0 Å². The highest BCUT2D eigenvalue weighted by atomic mass is 16.5. The number of rotatable bonds is 6. The number of carbonyl (C=O) groups is 3. The summed E-state index contributed by atoms with van der Waals surface area (Å²) in [4.78, 5) is 41.9. The molecule has 9 heteroatoms. The number of hydrogen-bond acceptors (Lipinski definition) is 6. The molecule has 29 heavy (non-hydrogen) atoms. The molecule has 1 aromatic carbocycles. The van der Waals surface area contributed by atoms with Gasteiger partial charge in [-0.1, -0.05) is 6.07 Å². The third kappa shape index (κ3) is 5.17. The van der Waals surface area contributed by atoms with Crippen LogP contribution in [0.1, 0.15) is 6.42 Å². The zero-order valence-electron chi connectivity index (χ0n) is 16.9. The SMILES string of the molecule is COC(=O)N1CCN(CCNC(=O)C2CC(=O)N(c3cccc(OC)c3)C2)CC1. The Balaban J connectivity index is 1.42. The van der Waals surface area contributed by atoms with Gasteiger partial charge < -0.3 is 24.6 Å². The molecule has 2 fully saturated rings. The van der Waals surface area contributed by atoms with Crippen molar-refractivity contribution >= 4 is 23.6 Å². The standard InChI is InChI=1S/C20H28N4O5/c1-28-17-5-3-4-16(13-17)24-14-15(12-18(24)25)19(26)21-6-7-22-8-10-23(11-9-22)20(27)29-2/h3-5,13,15H,6-12,14H2,1-2H3,(H,21,26). The van der Waals surface area contributed by atoms with Gasteiger partial charge in [-0.3, -0.25) is 14.5 Å². The maximum absolute atomic E-state index is 12.5. The molecule has 0 saturated carbocycles. The molecule has 3 rings (SSSR count). The first-order valence-corrected chi connectivity index (χ1v) is 9.79. The minimum absolute atomic E-state index is 0.0580. The number of methoxy groups -OCH3 is 2. The number of anilines is 1. The van der Waals surface area contributed by atoms with Gasteiger partial charge in [0.2, 0.25) is 11.8 Å². The van der Waals surface area contributed by atoms with Gasteiger partial charge in [-0.15, -0.1) is 0 Å². The minimum atomic E-state index is -0.357. The number of nitrogens with one attached hydrogen (secondary N) is 1. The van der Waals surface area contributed by atoms with Gasteiger partial charge in [0.1, 0.15) is 5.75 Å². The van der Waals surface area contributed by atoms with Crippen LogP contribution in [-0.4, -0.2) is 87.7 Å². The summed E-state index contributed by atoms with van der Waals surface area (Å²) in [5.74, 6) is 0.162. The molecule has 158 valence electrons. The second-order valence-corrected chi connectivity index (χ2v) is 7.20. The van der Waals surface area contributed by atoms with Crippen LogP contribution in [0.5, 0.6) is 5.75 Å². The molecule has 2 aliphatic rings. The van der Waals surface area contributed by atoms with Crippen LogP contribution in [0.4, 0.5) is 10.5 Å². The summed E-state index contributed by atoms with van der Waals surface area (Å²) in [6, 6.07) is 7.29. The van der Waals surface area contributed by atoms with Crippen molar-refractivity contribution in [3.05, 3.63) is 24.3 Å². The van der Waals surface area contributed by atoms with Crippen molar-refractivity contribution in [2.45, 2.75) is 6.42 Å². The van der Waals surface area contributed by atoms with Crippen molar-refractivity contribution in [1.29, 1.82) is 0 Å². The van der Waals surface area contributed by atoms with Crippen molar-refractivity contribution in [1.82, 2.24) is 15.1 Å². The van der Waals surface area contributed by atoms with Crippen LogP contribution < -0.4 is 15.0 Å². The third-order valence-corrected chi connectivity index (χ3v) is 5.39. The van der Waals surface area contributed by atoms with Crippen molar-refractivity contribution in [3.63, 3.8) is 0 Å². The summed E-state index contributed by atoms with van der Waals surface area (Å²) in [7, 11) is 2.96. The zero-order valence-corrected chi connectivity index (χ0v) is 16.9. The van der Waals surface area contributed by atoms with E-state index in [0.29, 0.717) is 38.5 Å². The Morgan fingerprint density at radius 2 is 1.93 bits per heavy atom. The lowest BCUT2D eigenvalue weighted by molar-refractivity contribution is -0.126. The molecule has 0 aromatic heterocycles. The normalized spacial score (nSPS) is 19.9. The number of amides is 3. The van der Waals surface area contributed by atoms with E-state index in [4.69, 9.17) is 9.47 Å². The predicted octanol–water partition coefficient (Wildman–Crippen LogP) is 0.548. The van der Waals surface area contributed by atoms with Crippen LogP contribution in [0.25, 0.3) is 0 Å². The first-order valence-electron chi connectivity index (χ1n) is 9.79. The Morgan fingerprint density at radius 3 is 2.62 bits per heavy atom. The van der Waals surface area contributed by atoms with E-state index in [1.165, 1.54) is 7.11 Å². The van der Waals surface area contributed by atoms with Crippen LogP contribution in [0.3, 0.4) is 0 Å². The maximum Gasteiger partial charge on any atom is 0.409 e. The molecule has 1 aromatic rings. The van der Waals surface area contributed by atoms with Gasteiger partial charge in [0.15, 0.2) is 0 Å². The van der Waals surface area contributed by atoms with Crippen molar-refractivity contribution in [3.8, 4) is 5.75 Å². The first-order chi connectivity index (χ1) is 14.0. The molecular formula is C20H28N4O5. The Bertz CT molecular complexity index is 748. The summed E-state index contributed by atoms with van der Waals surface area (Å²) in [6.07, 6.45) is -0.0923. The number of piperazine rings is 1. The minimum Gasteiger partial charge on any atom is -0.497 e. The van der Waals surface area contributed by atoms with E-state index in [2.05, 4.69) is 10.2 Å². The van der Waals surface area contributed by atoms with Crippen molar-refractivity contribution in [2.24, 2.45) is 5.92 Å². The molecule has 0 aliphatic carbocycles. The molecule has 0 radical (unpaired) electrons. The van der Waals surface area contributed by atoms with Gasteiger partial charge in [-0.2, -0.15) is 0 Å². The molecule has 2 heterocycles. The second-order valence-electron chi connectivity index (χ2n) is 7.20.